The second kappa shape index (κ2) is 17.1. The Morgan fingerprint density at radius 1 is 0.357 bits per heavy atom. The van der Waals surface area contributed by atoms with Crippen LogP contribution >= 0.6 is 39.0 Å². The average molecular weight is 826 g/mol. The summed E-state index contributed by atoms with van der Waals surface area (Å²) in [6.45, 7) is 17.0. The maximum absolute atomic E-state index is 7.65. The molecular formula is C46H48Cl2N2O4P2. The van der Waals surface area contributed by atoms with Crippen LogP contribution in [0.15, 0.2) is 72.8 Å². The smallest absolute Gasteiger partial charge is 0.236 e. The second-order valence-electron chi connectivity index (χ2n) is 14.4. The van der Waals surface area contributed by atoms with Crippen molar-refractivity contribution in [3.8, 4) is 34.6 Å². The van der Waals surface area contributed by atoms with E-state index in [1.807, 2.05) is 0 Å². The number of aryl methyl sites for hydroxylation is 8. The van der Waals surface area contributed by atoms with Gasteiger partial charge in [0.15, 0.2) is 0 Å². The number of rotatable bonds is 11. The quantitative estimate of drug-likeness (QED) is 0.121. The number of benzene rings is 4. The number of pyridine rings is 2. The van der Waals surface area contributed by atoms with E-state index in [1.165, 1.54) is 0 Å². The molecule has 2 aromatic heterocycles. The van der Waals surface area contributed by atoms with Crippen molar-refractivity contribution in [2.75, 3.05) is 28.4 Å². The molecule has 0 radical (unpaired) electrons. The Morgan fingerprint density at radius 2 is 0.571 bits per heavy atom. The third-order valence-corrected chi connectivity index (χ3v) is 15.3. The Balaban J connectivity index is 1.89. The fourth-order valence-electron chi connectivity index (χ4n) is 7.59. The van der Waals surface area contributed by atoms with Crippen LogP contribution in [0.4, 0.5) is 0 Å². The van der Waals surface area contributed by atoms with Gasteiger partial charge in [-0.2, -0.15) is 9.97 Å². The van der Waals surface area contributed by atoms with Gasteiger partial charge in [-0.25, -0.2) is 0 Å². The van der Waals surface area contributed by atoms with Gasteiger partial charge in [0, 0.05) is 10.6 Å². The highest BCUT2D eigenvalue weighted by Gasteiger charge is 2.37. The number of nitrogens with zero attached hydrogens (tertiary/aromatic N) is 2. The van der Waals surface area contributed by atoms with E-state index >= 15 is 0 Å². The predicted molar refractivity (Wildman–Crippen MR) is 239 cm³/mol. The van der Waals surface area contributed by atoms with Crippen molar-refractivity contribution in [2.45, 2.75) is 55.4 Å². The standard InChI is InChI=1S/C46H48Cl2N2O4P2/c1-25-13-26(2)18-33(17-25)55(34-19-27(3)14-28(4)20-34)41-37(43(51-9)49-45(53-11)39(41)47)38-42(40(48)46(54-12)50-44(38)52-10)56(35-21-29(5)15-30(6)22-35)36-23-31(7)16-32(8)24-36/h13-24H,1-12H3. The summed E-state index contributed by atoms with van der Waals surface area (Å²) in [6, 6.07) is 26.7. The number of ether oxygens (including phenoxy) is 4. The summed E-state index contributed by atoms with van der Waals surface area (Å²) < 4.78 is 24.4. The zero-order valence-electron chi connectivity index (χ0n) is 34.1. The van der Waals surface area contributed by atoms with Crippen LogP contribution in [0.3, 0.4) is 0 Å². The van der Waals surface area contributed by atoms with Gasteiger partial charge < -0.3 is 18.9 Å². The second-order valence-corrected chi connectivity index (χ2v) is 19.4. The summed E-state index contributed by atoms with van der Waals surface area (Å²) in [5.41, 5.74) is 10.4. The van der Waals surface area contributed by atoms with Gasteiger partial charge in [-0.1, -0.05) is 141 Å². The van der Waals surface area contributed by atoms with Crippen molar-refractivity contribution in [3.63, 3.8) is 0 Å². The van der Waals surface area contributed by atoms with E-state index < -0.39 is 15.8 Å². The maximum atomic E-state index is 7.65. The third kappa shape index (κ3) is 8.27. The fraction of sp³-hybridized carbons (Fsp3) is 0.261. The largest absolute Gasteiger partial charge is 0.480 e. The zero-order valence-corrected chi connectivity index (χ0v) is 37.4. The van der Waals surface area contributed by atoms with Crippen molar-refractivity contribution in [1.29, 1.82) is 0 Å². The van der Waals surface area contributed by atoms with Gasteiger partial charge in [-0.3, -0.25) is 0 Å². The van der Waals surface area contributed by atoms with E-state index in [4.69, 9.17) is 52.1 Å². The molecule has 0 aliphatic carbocycles. The Bertz CT molecular complexity index is 2120. The topological polar surface area (TPSA) is 62.7 Å². The van der Waals surface area contributed by atoms with E-state index in [9.17, 15) is 0 Å². The van der Waals surface area contributed by atoms with E-state index in [2.05, 4.69) is 128 Å². The zero-order chi connectivity index (χ0) is 40.6. The Kier molecular flexibility index (Phi) is 12.7. The highest BCUT2D eigenvalue weighted by molar-refractivity contribution is 7.81. The molecule has 6 rings (SSSR count). The summed E-state index contributed by atoms with van der Waals surface area (Å²) in [5, 5.41) is 6.77. The van der Waals surface area contributed by atoms with Crippen LogP contribution in [0, 0.1) is 55.4 Å². The van der Waals surface area contributed by atoms with Gasteiger partial charge in [0.05, 0.1) is 39.6 Å². The molecule has 0 aliphatic heterocycles. The van der Waals surface area contributed by atoms with E-state index in [0.29, 0.717) is 32.9 Å². The van der Waals surface area contributed by atoms with Crippen LogP contribution in [-0.2, 0) is 0 Å². The molecule has 6 aromatic rings. The Labute approximate surface area is 344 Å². The van der Waals surface area contributed by atoms with Crippen molar-refractivity contribution in [2.24, 2.45) is 0 Å². The minimum absolute atomic E-state index is 0.252. The van der Waals surface area contributed by atoms with Crippen molar-refractivity contribution in [3.05, 3.63) is 127 Å². The first-order chi connectivity index (χ1) is 26.7. The van der Waals surface area contributed by atoms with Crippen molar-refractivity contribution >= 4 is 70.9 Å². The first kappa shape index (κ1) is 41.5. The molecule has 0 N–H and O–H groups in total. The van der Waals surface area contributed by atoms with E-state index in [-0.39, 0.29) is 11.8 Å². The average Bonchev–Trinajstić information content (AvgIpc) is 3.11. The van der Waals surface area contributed by atoms with Gasteiger partial charge in [0.2, 0.25) is 23.5 Å². The number of aromatic nitrogens is 2. The van der Waals surface area contributed by atoms with Gasteiger partial charge in [0.25, 0.3) is 0 Å². The van der Waals surface area contributed by atoms with Crippen molar-refractivity contribution < 1.29 is 18.9 Å². The molecule has 2 heterocycles. The highest BCUT2D eigenvalue weighted by Crippen LogP contribution is 2.52. The SMILES string of the molecule is COc1nc(OC)c(-c2c(OC)nc(OC)c(Cl)c2P(c2cc(C)cc(C)c2)c2cc(C)cc(C)c2)c(P(c2cc(C)cc(C)c2)c2cc(C)cc(C)c2)c1Cl. The summed E-state index contributed by atoms with van der Waals surface area (Å²) in [4.78, 5) is 9.84. The molecule has 56 heavy (non-hydrogen) atoms. The Hall–Kier alpha value is -4.18. The monoisotopic (exact) mass is 824 g/mol. The first-order valence-electron chi connectivity index (χ1n) is 18.2. The van der Waals surface area contributed by atoms with Gasteiger partial charge in [-0.05, 0) is 92.5 Å². The molecule has 0 bridgehead atoms. The molecule has 6 nitrogen and oxygen atoms in total. The van der Waals surface area contributed by atoms with Crippen LogP contribution in [0.5, 0.6) is 23.5 Å². The lowest BCUT2D eigenvalue weighted by Gasteiger charge is -2.30. The molecule has 0 spiro atoms. The molecule has 0 saturated heterocycles. The highest BCUT2D eigenvalue weighted by atomic mass is 35.5. The summed E-state index contributed by atoms with van der Waals surface area (Å²) in [5.74, 6) is 1.12. The first-order valence-corrected chi connectivity index (χ1v) is 21.7. The van der Waals surface area contributed by atoms with E-state index in [1.54, 1.807) is 28.4 Å². The number of halogens is 2. The molecule has 0 amide bonds. The minimum atomic E-state index is -1.40. The molecule has 0 saturated carbocycles. The van der Waals surface area contributed by atoms with Crippen molar-refractivity contribution in [1.82, 2.24) is 9.97 Å². The molecule has 290 valence electrons. The van der Waals surface area contributed by atoms with Gasteiger partial charge in [0.1, 0.15) is 10.0 Å². The number of methoxy groups -OCH3 is 4. The number of hydrogen-bond donors (Lipinski definition) is 0. The van der Waals surface area contributed by atoms with Crippen LogP contribution in [0.25, 0.3) is 11.1 Å². The maximum Gasteiger partial charge on any atom is 0.236 e. The molecule has 0 aliphatic rings. The molecular weight excluding hydrogens is 777 g/mol. The van der Waals surface area contributed by atoms with Crippen LogP contribution in [0.2, 0.25) is 10.0 Å². The summed E-state index contributed by atoms with van der Waals surface area (Å²) >= 11 is 15.3. The molecule has 4 aromatic carbocycles. The lowest BCUT2D eigenvalue weighted by atomic mass is 10.1. The molecule has 0 atom stereocenters. The molecule has 10 heteroatoms. The predicted octanol–water partition coefficient (Wildman–Crippen LogP) is 9.47. The summed E-state index contributed by atoms with van der Waals surface area (Å²) in [6.07, 6.45) is 0. The normalized spacial score (nSPS) is 11.4. The van der Waals surface area contributed by atoms with Gasteiger partial charge >= 0.3 is 0 Å². The van der Waals surface area contributed by atoms with Gasteiger partial charge in [-0.15, -0.1) is 0 Å². The minimum Gasteiger partial charge on any atom is -0.480 e. The lowest BCUT2D eigenvalue weighted by molar-refractivity contribution is 0.362. The number of hydrogen-bond acceptors (Lipinski definition) is 6. The van der Waals surface area contributed by atoms with Crippen LogP contribution in [-0.4, -0.2) is 38.4 Å². The molecule has 0 fully saturated rings. The van der Waals surface area contributed by atoms with Crippen LogP contribution < -0.4 is 50.8 Å². The fourth-order valence-corrected chi connectivity index (χ4v) is 14.3. The van der Waals surface area contributed by atoms with Crippen LogP contribution in [0.1, 0.15) is 44.5 Å². The third-order valence-electron chi connectivity index (χ3n) is 9.43. The Morgan fingerprint density at radius 3 is 0.768 bits per heavy atom. The lowest BCUT2D eigenvalue weighted by Crippen LogP contribution is -2.29. The van der Waals surface area contributed by atoms with E-state index in [0.717, 1.165) is 76.3 Å². The molecule has 0 unspecified atom stereocenters. The summed E-state index contributed by atoms with van der Waals surface area (Å²) in [7, 11) is 3.57.